The first-order valence-corrected chi connectivity index (χ1v) is 12.3. The number of hydrogen-bond donors (Lipinski definition) is 2. The van der Waals surface area contributed by atoms with E-state index in [-0.39, 0.29) is 0 Å². The zero-order valence-corrected chi connectivity index (χ0v) is 20.9. The largest absolute Gasteiger partial charge is 0.444 e. The average molecular weight is 488 g/mol. The molecule has 0 saturated carbocycles. The number of nitrogens with zero attached hydrogens (tertiary/aromatic N) is 1. The van der Waals surface area contributed by atoms with Crippen molar-refractivity contribution in [2.75, 3.05) is 5.32 Å². The van der Waals surface area contributed by atoms with Crippen LogP contribution in [0, 0.1) is 11.3 Å². The van der Waals surface area contributed by atoms with Gasteiger partial charge in [0.1, 0.15) is 17.7 Å². The first-order valence-electron chi connectivity index (χ1n) is 11.3. The number of carbonyl (C=O) groups is 2. The van der Waals surface area contributed by atoms with Crippen LogP contribution < -0.4 is 10.6 Å². The van der Waals surface area contributed by atoms with Gasteiger partial charge in [-0.15, -0.1) is 11.8 Å². The normalized spacial score (nSPS) is 11.7. The summed E-state index contributed by atoms with van der Waals surface area (Å²) >= 11 is 1.57. The first kappa shape index (κ1) is 25.9. The zero-order valence-electron chi connectivity index (χ0n) is 20.1. The quantitative estimate of drug-likeness (QED) is 0.385. The summed E-state index contributed by atoms with van der Waals surface area (Å²) in [4.78, 5) is 26.4. The van der Waals surface area contributed by atoms with E-state index in [1.807, 2.05) is 66.7 Å². The Labute approximate surface area is 210 Å². The van der Waals surface area contributed by atoms with Crippen molar-refractivity contribution in [1.82, 2.24) is 5.32 Å². The minimum Gasteiger partial charge on any atom is -0.444 e. The maximum absolute atomic E-state index is 13.1. The summed E-state index contributed by atoms with van der Waals surface area (Å²) in [6.07, 6.45) is -0.374. The van der Waals surface area contributed by atoms with E-state index in [0.29, 0.717) is 17.7 Å². The molecule has 2 amide bonds. The third kappa shape index (κ3) is 8.51. The molecule has 1 atom stereocenters. The summed E-state index contributed by atoms with van der Waals surface area (Å²) in [5.41, 5.74) is 2.33. The molecule has 180 valence electrons. The van der Waals surface area contributed by atoms with E-state index in [1.165, 1.54) is 0 Å². The number of nitriles is 1. The van der Waals surface area contributed by atoms with Gasteiger partial charge in [0.2, 0.25) is 5.91 Å². The Kier molecular flexibility index (Phi) is 8.93. The number of alkyl carbamates (subject to hydrolysis) is 1. The summed E-state index contributed by atoms with van der Waals surface area (Å²) in [5, 5.41) is 15.2. The smallest absolute Gasteiger partial charge is 0.408 e. The summed E-state index contributed by atoms with van der Waals surface area (Å²) in [6, 6.07) is 26.0. The van der Waals surface area contributed by atoms with E-state index in [2.05, 4.69) is 16.7 Å². The van der Waals surface area contributed by atoms with Gasteiger partial charge in [0.25, 0.3) is 0 Å². The van der Waals surface area contributed by atoms with E-state index in [1.54, 1.807) is 44.7 Å². The number of hydrogen-bond acceptors (Lipinski definition) is 5. The van der Waals surface area contributed by atoms with Gasteiger partial charge in [-0.1, -0.05) is 60.7 Å². The molecule has 0 saturated heterocycles. The van der Waals surface area contributed by atoms with Gasteiger partial charge in [-0.05, 0) is 50.1 Å². The lowest BCUT2D eigenvalue weighted by Gasteiger charge is -2.23. The Hall–Kier alpha value is -3.76. The summed E-state index contributed by atoms with van der Waals surface area (Å²) in [7, 11) is 0. The third-order valence-electron chi connectivity index (χ3n) is 4.89. The Morgan fingerprint density at radius 2 is 1.60 bits per heavy atom. The van der Waals surface area contributed by atoms with Crippen LogP contribution in [0.25, 0.3) is 0 Å². The fourth-order valence-electron chi connectivity index (χ4n) is 3.29. The SMILES string of the molecule is CC(C)(C)OC(=O)N[C@@H](Cc1ccccc1)C(=O)Nc1ccc(SCc2ccccc2)c(C#N)c1. The Morgan fingerprint density at radius 1 is 0.971 bits per heavy atom. The van der Waals surface area contributed by atoms with Crippen LogP contribution in [-0.4, -0.2) is 23.6 Å². The molecule has 0 aliphatic carbocycles. The lowest BCUT2D eigenvalue weighted by Crippen LogP contribution is -2.47. The van der Waals surface area contributed by atoms with Crippen LogP contribution in [0.5, 0.6) is 0 Å². The molecule has 2 N–H and O–H groups in total. The highest BCUT2D eigenvalue weighted by Gasteiger charge is 2.25. The number of benzene rings is 3. The number of rotatable bonds is 8. The number of ether oxygens (including phenoxy) is 1. The van der Waals surface area contributed by atoms with Crippen molar-refractivity contribution in [3.8, 4) is 6.07 Å². The van der Waals surface area contributed by atoms with Gasteiger partial charge in [0.15, 0.2) is 0 Å². The van der Waals surface area contributed by atoms with E-state index < -0.39 is 23.6 Å². The molecular weight excluding hydrogens is 458 g/mol. The van der Waals surface area contributed by atoms with Crippen molar-refractivity contribution in [1.29, 1.82) is 5.26 Å². The van der Waals surface area contributed by atoms with Gasteiger partial charge < -0.3 is 15.4 Å². The molecule has 0 bridgehead atoms. The fourth-order valence-corrected chi connectivity index (χ4v) is 4.23. The zero-order chi connectivity index (χ0) is 25.3. The van der Waals surface area contributed by atoms with Gasteiger partial charge in [-0.25, -0.2) is 4.79 Å². The molecule has 0 aliphatic heterocycles. The van der Waals surface area contributed by atoms with E-state index in [4.69, 9.17) is 4.74 Å². The second-order valence-electron chi connectivity index (χ2n) is 8.97. The number of thioether (sulfide) groups is 1. The summed E-state index contributed by atoms with van der Waals surface area (Å²) < 4.78 is 5.35. The molecular formula is C28H29N3O3S. The van der Waals surface area contributed by atoms with Crippen LogP contribution >= 0.6 is 11.8 Å². The van der Waals surface area contributed by atoms with Gasteiger partial charge >= 0.3 is 6.09 Å². The Balaban J connectivity index is 1.72. The van der Waals surface area contributed by atoms with Crippen molar-refractivity contribution < 1.29 is 14.3 Å². The molecule has 0 fully saturated rings. The van der Waals surface area contributed by atoms with Crippen LogP contribution in [0.15, 0.2) is 83.8 Å². The minimum absolute atomic E-state index is 0.294. The second-order valence-corrected chi connectivity index (χ2v) is 9.99. The predicted molar refractivity (Wildman–Crippen MR) is 139 cm³/mol. The van der Waals surface area contributed by atoms with Gasteiger partial charge in [0, 0.05) is 22.8 Å². The fraction of sp³-hybridized carbons (Fsp3) is 0.250. The molecule has 3 aromatic carbocycles. The van der Waals surface area contributed by atoms with Crippen LogP contribution in [0.1, 0.15) is 37.5 Å². The molecule has 0 radical (unpaired) electrons. The molecule has 0 unspecified atom stereocenters. The summed E-state index contributed by atoms with van der Waals surface area (Å²) in [6.45, 7) is 5.29. The second kappa shape index (κ2) is 12.1. The maximum Gasteiger partial charge on any atom is 0.408 e. The standard InChI is InChI=1S/C28H29N3O3S/c1-28(2,3)34-27(33)31-24(16-20-10-6-4-7-11-20)26(32)30-23-14-15-25(22(17-23)18-29)35-19-21-12-8-5-9-13-21/h4-15,17,24H,16,19H2,1-3H3,(H,30,32)(H,31,33)/t24-/m0/s1. The van der Waals surface area contributed by atoms with Crippen molar-refractivity contribution in [3.63, 3.8) is 0 Å². The highest BCUT2D eigenvalue weighted by atomic mass is 32.2. The van der Waals surface area contributed by atoms with Crippen molar-refractivity contribution >= 4 is 29.4 Å². The van der Waals surface area contributed by atoms with Gasteiger partial charge in [0.05, 0.1) is 5.56 Å². The predicted octanol–water partition coefficient (Wildman–Crippen LogP) is 5.93. The number of amides is 2. The van der Waals surface area contributed by atoms with Gasteiger partial charge in [-0.2, -0.15) is 5.26 Å². The highest BCUT2D eigenvalue weighted by molar-refractivity contribution is 7.98. The average Bonchev–Trinajstić information content (AvgIpc) is 2.83. The molecule has 7 heteroatoms. The van der Waals surface area contributed by atoms with Crippen LogP contribution in [-0.2, 0) is 21.7 Å². The Bertz CT molecular complexity index is 1190. The molecule has 35 heavy (non-hydrogen) atoms. The molecule has 3 rings (SSSR count). The highest BCUT2D eigenvalue weighted by Crippen LogP contribution is 2.28. The van der Waals surface area contributed by atoms with Crippen LogP contribution in [0.2, 0.25) is 0 Å². The molecule has 0 spiro atoms. The van der Waals surface area contributed by atoms with E-state index in [0.717, 1.165) is 21.8 Å². The van der Waals surface area contributed by atoms with Crippen molar-refractivity contribution in [2.45, 2.75) is 49.5 Å². The monoisotopic (exact) mass is 487 g/mol. The van der Waals surface area contributed by atoms with Crippen molar-refractivity contribution in [2.24, 2.45) is 0 Å². The molecule has 0 heterocycles. The number of anilines is 1. The lowest BCUT2D eigenvalue weighted by atomic mass is 10.1. The maximum atomic E-state index is 13.1. The number of carbonyl (C=O) groups excluding carboxylic acids is 2. The molecule has 0 aromatic heterocycles. The van der Waals surface area contributed by atoms with Crippen molar-refractivity contribution in [3.05, 3.63) is 95.6 Å². The summed E-state index contributed by atoms with van der Waals surface area (Å²) in [5.74, 6) is 0.341. The molecule has 0 aliphatic rings. The Morgan fingerprint density at radius 3 is 2.20 bits per heavy atom. The number of nitrogens with one attached hydrogen (secondary N) is 2. The third-order valence-corrected chi connectivity index (χ3v) is 6.04. The van der Waals surface area contributed by atoms with E-state index in [9.17, 15) is 14.9 Å². The van der Waals surface area contributed by atoms with Crippen LogP contribution in [0.3, 0.4) is 0 Å². The van der Waals surface area contributed by atoms with E-state index >= 15 is 0 Å². The minimum atomic E-state index is -0.857. The molecule has 6 nitrogen and oxygen atoms in total. The van der Waals surface area contributed by atoms with Gasteiger partial charge in [-0.3, -0.25) is 4.79 Å². The molecule has 3 aromatic rings. The topological polar surface area (TPSA) is 91.2 Å². The van der Waals surface area contributed by atoms with Crippen LogP contribution in [0.4, 0.5) is 10.5 Å². The lowest BCUT2D eigenvalue weighted by molar-refractivity contribution is -0.118. The first-order chi connectivity index (χ1) is 16.7.